The van der Waals surface area contributed by atoms with E-state index in [0.29, 0.717) is 12.0 Å². The molecule has 0 fully saturated rings. The predicted octanol–water partition coefficient (Wildman–Crippen LogP) is 3.49. The van der Waals surface area contributed by atoms with E-state index in [1.807, 2.05) is 61.7 Å². The van der Waals surface area contributed by atoms with E-state index in [0.717, 1.165) is 57.6 Å². The number of nitrogens with zero attached hydrogens (tertiary/aromatic N) is 4. The minimum absolute atomic E-state index is 0.611. The molecular formula is C23H23BClN7. The topological polar surface area (TPSA) is 96.8 Å². The van der Waals surface area contributed by atoms with E-state index >= 15 is 0 Å². The lowest BCUT2D eigenvalue weighted by Gasteiger charge is -2.15. The highest BCUT2D eigenvalue weighted by molar-refractivity contribution is 6.30. The van der Waals surface area contributed by atoms with Gasteiger partial charge in [-0.05, 0) is 48.9 Å². The Labute approximate surface area is 192 Å². The predicted molar refractivity (Wildman–Crippen MR) is 130 cm³/mol. The molecule has 0 aliphatic carbocycles. The summed E-state index contributed by atoms with van der Waals surface area (Å²) >= 11 is 6.13. The number of hydrogen-bond donors (Lipinski definition) is 3. The Morgan fingerprint density at radius 1 is 1.12 bits per heavy atom. The number of aromatic nitrogens is 4. The van der Waals surface area contributed by atoms with Crippen LogP contribution in [0.5, 0.6) is 0 Å². The van der Waals surface area contributed by atoms with Gasteiger partial charge in [0, 0.05) is 35.6 Å². The molecule has 0 unspecified atom stereocenters. The van der Waals surface area contributed by atoms with Crippen molar-refractivity contribution in [2.24, 2.45) is 4.99 Å². The van der Waals surface area contributed by atoms with Crippen LogP contribution in [0.3, 0.4) is 0 Å². The van der Waals surface area contributed by atoms with Crippen molar-refractivity contribution in [2.75, 3.05) is 0 Å². The summed E-state index contributed by atoms with van der Waals surface area (Å²) in [6.07, 6.45) is 2.87. The molecule has 4 rings (SSSR count). The van der Waals surface area contributed by atoms with E-state index < -0.39 is 0 Å². The largest absolute Gasteiger partial charge is 0.346 e. The Hall–Kier alpha value is -3.49. The first kappa shape index (κ1) is 21.7. The highest BCUT2D eigenvalue weighted by atomic mass is 35.5. The van der Waals surface area contributed by atoms with Crippen LogP contribution in [0.25, 0.3) is 22.6 Å². The van der Waals surface area contributed by atoms with Crippen LogP contribution in [0.2, 0.25) is 5.02 Å². The van der Waals surface area contributed by atoms with E-state index in [1.54, 1.807) is 0 Å². The van der Waals surface area contributed by atoms with Crippen LogP contribution < -0.4 is 5.49 Å². The molecule has 0 radical (unpaired) electrons. The van der Waals surface area contributed by atoms with E-state index in [2.05, 4.69) is 38.8 Å². The monoisotopic (exact) mass is 443 g/mol. The number of benzene rings is 1. The molecule has 0 aliphatic rings. The molecule has 0 spiro atoms. The Kier molecular flexibility index (Phi) is 6.63. The van der Waals surface area contributed by atoms with Gasteiger partial charge in [-0.1, -0.05) is 29.8 Å². The highest BCUT2D eigenvalue weighted by Crippen LogP contribution is 2.29. The van der Waals surface area contributed by atoms with E-state index in [1.165, 1.54) is 0 Å². The number of imidazole rings is 1. The highest BCUT2D eigenvalue weighted by Gasteiger charge is 2.16. The Morgan fingerprint density at radius 2 is 1.97 bits per heavy atom. The molecule has 3 N–H and O–H groups in total. The van der Waals surface area contributed by atoms with Crippen LogP contribution in [0.15, 0.2) is 65.8 Å². The summed E-state index contributed by atoms with van der Waals surface area (Å²) < 4.78 is 0. The molecule has 4 aromatic rings. The third-order valence-electron chi connectivity index (χ3n) is 4.93. The molecule has 3 aromatic heterocycles. The minimum Gasteiger partial charge on any atom is -0.346 e. The lowest BCUT2D eigenvalue weighted by Crippen LogP contribution is -2.19. The van der Waals surface area contributed by atoms with Crippen molar-refractivity contribution in [1.82, 2.24) is 24.7 Å². The zero-order chi connectivity index (χ0) is 22.5. The van der Waals surface area contributed by atoms with Crippen LogP contribution in [-0.4, -0.2) is 39.1 Å². The number of halogens is 1. The third kappa shape index (κ3) is 5.22. The summed E-state index contributed by atoms with van der Waals surface area (Å²) in [6.45, 7) is 3.36. The number of aromatic amines is 2. The van der Waals surface area contributed by atoms with E-state index in [4.69, 9.17) is 22.0 Å². The van der Waals surface area contributed by atoms with Crippen molar-refractivity contribution in [3.05, 3.63) is 88.4 Å². The van der Waals surface area contributed by atoms with Gasteiger partial charge >= 0.3 is 0 Å². The van der Waals surface area contributed by atoms with Crippen LogP contribution >= 0.6 is 11.6 Å². The van der Waals surface area contributed by atoms with Crippen molar-refractivity contribution in [3.8, 4) is 22.6 Å². The molecule has 0 amide bonds. The number of H-pyrrole nitrogens is 2. The Morgan fingerprint density at radius 3 is 2.69 bits per heavy atom. The number of nitrogens with one attached hydrogen (secondary N) is 3. The summed E-state index contributed by atoms with van der Waals surface area (Å²) in [5.41, 5.74) is 6.11. The van der Waals surface area contributed by atoms with Crippen LogP contribution in [0, 0.1) is 12.3 Å². The molecule has 0 saturated heterocycles. The SMILES string of the molecule is BN(Cc1cccc(Cl)c1)Cc1nc(-c2cccc(C)n2)c(-c2cc/c(=N/C=N)[nH]c2)[nH]1. The molecule has 3 heterocycles. The van der Waals surface area contributed by atoms with Gasteiger partial charge < -0.3 is 14.8 Å². The molecule has 0 saturated carbocycles. The van der Waals surface area contributed by atoms with Gasteiger partial charge in [-0.25, -0.2) is 9.98 Å². The zero-order valence-electron chi connectivity index (χ0n) is 17.9. The van der Waals surface area contributed by atoms with Gasteiger partial charge in [0.05, 0.1) is 11.4 Å². The first-order valence-corrected chi connectivity index (χ1v) is 10.6. The maximum atomic E-state index is 7.14. The van der Waals surface area contributed by atoms with Gasteiger partial charge in [-0.2, -0.15) is 0 Å². The van der Waals surface area contributed by atoms with Crippen molar-refractivity contribution in [3.63, 3.8) is 0 Å². The lowest BCUT2D eigenvalue weighted by atomic mass is 10.1. The average Bonchev–Trinajstić information content (AvgIpc) is 3.18. The summed E-state index contributed by atoms with van der Waals surface area (Å²) in [6, 6.07) is 17.6. The maximum absolute atomic E-state index is 7.14. The normalized spacial score (nSPS) is 11.8. The van der Waals surface area contributed by atoms with E-state index in [9.17, 15) is 0 Å². The van der Waals surface area contributed by atoms with Crippen molar-refractivity contribution in [1.29, 1.82) is 5.41 Å². The fourth-order valence-electron chi connectivity index (χ4n) is 3.55. The van der Waals surface area contributed by atoms with Gasteiger partial charge in [-0.15, -0.1) is 0 Å². The second kappa shape index (κ2) is 9.76. The first-order valence-electron chi connectivity index (χ1n) is 10.2. The zero-order valence-corrected chi connectivity index (χ0v) is 18.7. The van der Waals surface area contributed by atoms with Crippen LogP contribution in [0.4, 0.5) is 0 Å². The molecular weight excluding hydrogens is 421 g/mol. The van der Waals surface area contributed by atoms with Gasteiger partial charge in [0.2, 0.25) is 0 Å². The van der Waals surface area contributed by atoms with E-state index in [-0.39, 0.29) is 0 Å². The summed E-state index contributed by atoms with van der Waals surface area (Å²) in [7, 11) is 2.05. The van der Waals surface area contributed by atoms with Gasteiger partial charge in [0.1, 0.15) is 23.3 Å². The molecule has 1 aromatic carbocycles. The van der Waals surface area contributed by atoms with Crippen LogP contribution in [0.1, 0.15) is 17.1 Å². The molecule has 0 atom stereocenters. The number of pyridine rings is 2. The molecule has 0 aliphatic heterocycles. The maximum Gasteiger partial charge on any atom is 0.186 e. The fraction of sp³-hybridized carbons (Fsp3) is 0.130. The fourth-order valence-corrected chi connectivity index (χ4v) is 3.76. The summed E-state index contributed by atoms with van der Waals surface area (Å²) in [5.74, 6) is 0.844. The smallest absolute Gasteiger partial charge is 0.186 e. The summed E-state index contributed by atoms with van der Waals surface area (Å²) in [5, 5.41) is 7.87. The third-order valence-corrected chi connectivity index (χ3v) is 5.17. The van der Waals surface area contributed by atoms with Crippen molar-refractivity contribution >= 4 is 25.9 Å². The lowest BCUT2D eigenvalue weighted by molar-refractivity contribution is 0.432. The molecule has 0 bridgehead atoms. The van der Waals surface area contributed by atoms with Crippen LogP contribution in [-0.2, 0) is 13.1 Å². The molecule has 32 heavy (non-hydrogen) atoms. The number of hydrogen-bond acceptors (Lipinski definition) is 4. The second-order valence-electron chi connectivity index (χ2n) is 7.59. The van der Waals surface area contributed by atoms with Gasteiger partial charge in [-0.3, -0.25) is 10.4 Å². The number of rotatable bonds is 7. The Bertz CT molecular complexity index is 1290. The Balaban J connectivity index is 1.67. The molecule has 7 nitrogen and oxygen atoms in total. The molecule has 160 valence electrons. The minimum atomic E-state index is 0.611. The molecule has 9 heteroatoms. The standard InChI is InChI=1S/C23H23BClN7/c1-15-4-2-7-19(29-15)23-22(17-8-9-20(27-11-17)28-14-26)30-21(31-23)13-32(24)12-16-5-3-6-18(25)10-16/h2-11,14H,12-13,24H2,1H3,(H,30,31)(H2,26,27,28). The number of aryl methyl sites for hydroxylation is 1. The second-order valence-corrected chi connectivity index (χ2v) is 8.03. The van der Waals surface area contributed by atoms with Gasteiger partial charge in [0.25, 0.3) is 0 Å². The van der Waals surface area contributed by atoms with Gasteiger partial charge in [0.15, 0.2) is 7.98 Å². The van der Waals surface area contributed by atoms with Crippen molar-refractivity contribution < 1.29 is 0 Å². The average molecular weight is 444 g/mol. The van der Waals surface area contributed by atoms with Crippen molar-refractivity contribution in [2.45, 2.75) is 20.0 Å². The first-order chi connectivity index (χ1) is 15.5. The quantitative estimate of drug-likeness (QED) is 0.232. The summed E-state index contributed by atoms with van der Waals surface area (Å²) in [4.78, 5) is 22.3.